The fourth-order valence-corrected chi connectivity index (χ4v) is 9.42. The molecule has 0 bridgehead atoms. The van der Waals surface area contributed by atoms with Gasteiger partial charge in [-0.3, -0.25) is 0 Å². The van der Waals surface area contributed by atoms with Crippen molar-refractivity contribution in [1.82, 2.24) is 4.90 Å². The van der Waals surface area contributed by atoms with E-state index in [0.29, 0.717) is 0 Å². The molecule has 1 rings (SSSR count). The summed E-state index contributed by atoms with van der Waals surface area (Å²) in [5.41, 5.74) is 0. The van der Waals surface area contributed by atoms with Crippen LogP contribution in [-0.4, -0.2) is 40.8 Å². The van der Waals surface area contributed by atoms with Crippen LogP contribution in [0.15, 0.2) is 0 Å². The minimum absolute atomic E-state index is 0.736. The molecule has 0 aliphatic carbocycles. The first-order valence-electron chi connectivity index (χ1n) is 6.59. The molecule has 14 heavy (non-hydrogen) atoms. The summed E-state index contributed by atoms with van der Waals surface area (Å²) in [6.45, 7) is 8.81. The first-order valence-corrected chi connectivity index (χ1v) is 11.7. The zero-order chi connectivity index (χ0) is 10.2. The van der Waals surface area contributed by atoms with Crippen molar-refractivity contribution in [3.63, 3.8) is 0 Å². The summed E-state index contributed by atoms with van der Waals surface area (Å²) in [5, 5.41) is 0. The molecule has 0 aromatic carbocycles. The van der Waals surface area contributed by atoms with Gasteiger partial charge in [0.1, 0.15) is 0 Å². The first kappa shape index (κ1) is 12.7. The minimum atomic E-state index is -0.736. The standard InChI is InChI=1S/C9H19N.C3H7.Ga/c1-4-7-10(8-5-2)9-6-3;1-3-2;/h1-2,4-9H2,3H3;1,3H2,2H3;. The second-order valence-corrected chi connectivity index (χ2v) is 12.0. The molecule has 2 heteroatoms. The first-order chi connectivity index (χ1) is 6.86. The van der Waals surface area contributed by atoms with Gasteiger partial charge in [0, 0.05) is 0 Å². The third-order valence-corrected chi connectivity index (χ3v) is 11.5. The molecule has 0 N–H and O–H groups in total. The molecular weight excluding hydrogens is 228 g/mol. The topological polar surface area (TPSA) is 3.24 Å². The van der Waals surface area contributed by atoms with Crippen LogP contribution >= 0.6 is 0 Å². The van der Waals surface area contributed by atoms with Crippen LogP contribution < -0.4 is 0 Å². The van der Waals surface area contributed by atoms with Gasteiger partial charge in [0.05, 0.1) is 0 Å². The molecule has 1 nitrogen and oxygen atoms in total. The van der Waals surface area contributed by atoms with E-state index in [0.717, 1.165) is 0 Å². The van der Waals surface area contributed by atoms with E-state index in [-0.39, 0.29) is 0 Å². The Kier molecular flexibility index (Phi) is 7.09. The Morgan fingerprint density at radius 2 is 1.64 bits per heavy atom. The second-order valence-electron chi connectivity index (χ2n) is 4.78. The number of nitrogens with zero attached hydrogens (tertiary/aromatic N) is 1. The van der Waals surface area contributed by atoms with Crippen LogP contribution in [0.5, 0.6) is 0 Å². The van der Waals surface area contributed by atoms with Gasteiger partial charge in [-0.2, -0.15) is 0 Å². The molecule has 1 fully saturated rings. The van der Waals surface area contributed by atoms with Crippen LogP contribution in [0.3, 0.4) is 0 Å². The van der Waals surface area contributed by atoms with E-state index in [4.69, 9.17) is 0 Å². The Morgan fingerprint density at radius 3 is 2.14 bits per heavy atom. The van der Waals surface area contributed by atoms with E-state index in [2.05, 4.69) is 18.7 Å². The van der Waals surface area contributed by atoms with Gasteiger partial charge in [0.2, 0.25) is 0 Å². The molecule has 1 heterocycles. The zero-order valence-electron chi connectivity index (χ0n) is 10.1. The molecule has 1 aliphatic rings. The predicted molar refractivity (Wildman–Crippen MR) is 66.4 cm³/mol. The second kappa shape index (κ2) is 7.83. The number of hydrogen-bond acceptors (Lipinski definition) is 1. The van der Waals surface area contributed by atoms with Crippen molar-refractivity contribution in [3.8, 4) is 0 Å². The molecule has 0 unspecified atom stereocenters. The van der Waals surface area contributed by atoms with E-state index >= 15 is 0 Å². The maximum absolute atomic E-state index is 2.68. The van der Waals surface area contributed by atoms with Crippen molar-refractivity contribution in [2.45, 2.75) is 54.5 Å². The van der Waals surface area contributed by atoms with Crippen molar-refractivity contribution < 1.29 is 0 Å². The third kappa shape index (κ3) is 4.90. The fourth-order valence-electron chi connectivity index (χ4n) is 2.70. The molecule has 0 spiro atoms. The van der Waals surface area contributed by atoms with Crippen molar-refractivity contribution in [1.29, 1.82) is 0 Å². The van der Waals surface area contributed by atoms with Gasteiger partial charge < -0.3 is 0 Å². The van der Waals surface area contributed by atoms with Crippen molar-refractivity contribution >= 4 is 16.2 Å². The van der Waals surface area contributed by atoms with Crippen LogP contribution in [0, 0.1) is 0 Å². The summed E-state index contributed by atoms with van der Waals surface area (Å²) in [6.07, 6.45) is 5.83. The van der Waals surface area contributed by atoms with Crippen LogP contribution in [0.2, 0.25) is 14.9 Å². The van der Waals surface area contributed by atoms with Gasteiger partial charge in [-0.15, -0.1) is 0 Å². The Balaban J connectivity index is 2.20. The van der Waals surface area contributed by atoms with Gasteiger partial charge in [-0.25, -0.2) is 0 Å². The number of hydrogen-bond donors (Lipinski definition) is 0. The Bertz CT molecular complexity index is 114. The maximum atomic E-state index is 2.68. The summed E-state index contributed by atoms with van der Waals surface area (Å²) in [5.74, 6) is 0. The van der Waals surface area contributed by atoms with Gasteiger partial charge in [0.25, 0.3) is 0 Å². The normalized spacial score (nSPS) is 20.6. The summed E-state index contributed by atoms with van der Waals surface area (Å²) in [6, 6.07) is 0. The Morgan fingerprint density at radius 1 is 1.00 bits per heavy atom. The van der Waals surface area contributed by atoms with E-state index < -0.39 is 16.2 Å². The van der Waals surface area contributed by atoms with Crippen molar-refractivity contribution in [3.05, 3.63) is 0 Å². The molecule has 1 aliphatic heterocycles. The van der Waals surface area contributed by atoms with E-state index in [1.165, 1.54) is 45.3 Å². The van der Waals surface area contributed by atoms with E-state index in [9.17, 15) is 0 Å². The zero-order valence-corrected chi connectivity index (χ0v) is 12.5. The molecule has 0 aromatic rings. The number of rotatable bonds is 4. The molecule has 0 radical (unpaired) electrons. The van der Waals surface area contributed by atoms with E-state index in [1.807, 2.05) is 0 Å². The Hall–Kier alpha value is 0.596. The molecular formula is C12H26GaN. The van der Waals surface area contributed by atoms with Crippen molar-refractivity contribution in [2.75, 3.05) is 19.6 Å². The third-order valence-electron chi connectivity index (χ3n) is 3.41. The van der Waals surface area contributed by atoms with Gasteiger partial charge in [-0.05, 0) is 0 Å². The fraction of sp³-hybridized carbons (Fsp3) is 1.00. The van der Waals surface area contributed by atoms with Gasteiger partial charge in [-0.1, -0.05) is 0 Å². The van der Waals surface area contributed by atoms with Gasteiger partial charge in [0.15, 0.2) is 0 Å². The molecule has 0 aromatic heterocycles. The predicted octanol–water partition coefficient (Wildman–Crippen LogP) is 3.40. The summed E-state index contributed by atoms with van der Waals surface area (Å²) >= 11 is -0.736. The average Bonchev–Trinajstić information content (AvgIpc) is 2.13. The molecule has 0 atom stereocenters. The van der Waals surface area contributed by atoms with Crippen LogP contribution in [0.25, 0.3) is 0 Å². The Labute approximate surface area is 95.3 Å². The molecule has 1 saturated heterocycles. The molecule has 82 valence electrons. The van der Waals surface area contributed by atoms with Gasteiger partial charge >= 0.3 is 95.2 Å². The van der Waals surface area contributed by atoms with Crippen LogP contribution in [0.4, 0.5) is 0 Å². The van der Waals surface area contributed by atoms with Crippen LogP contribution in [0.1, 0.15) is 39.5 Å². The summed E-state index contributed by atoms with van der Waals surface area (Å²) in [4.78, 5) is 7.67. The average molecular weight is 254 g/mol. The quantitative estimate of drug-likeness (QED) is 0.695. The summed E-state index contributed by atoms with van der Waals surface area (Å²) < 4.78 is 0. The molecule has 0 saturated carbocycles. The van der Waals surface area contributed by atoms with E-state index in [1.54, 1.807) is 14.9 Å². The molecule has 0 amide bonds. The van der Waals surface area contributed by atoms with Crippen molar-refractivity contribution in [2.24, 2.45) is 0 Å². The van der Waals surface area contributed by atoms with Crippen LogP contribution in [-0.2, 0) is 0 Å². The summed E-state index contributed by atoms with van der Waals surface area (Å²) in [7, 11) is 0. The monoisotopic (exact) mass is 253 g/mol. The SMILES string of the molecule is CCCN1CC[CH2][Ga]([CH2]CC)[CH2]CC1.